The van der Waals surface area contributed by atoms with Gasteiger partial charge < -0.3 is 9.72 Å². The van der Waals surface area contributed by atoms with Crippen LogP contribution in [0.1, 0.15) is 5.69 Å². The summed E-state index contributed by atoms with van der Waals surface area (Å²) in [5, 5.41) is 1.59. The van der Waals surface area contributed by atoms with E-state index in [4.69, 9.17) is 4.74 Å². The zero-order chi connectivity index (χ0) is 14.1. The number of pyridine rings is 1. The van der Waals surface area contributed by atoms with E-state index in [2.05, 4.69) is 4.98 Å². The first-order valence-electron chi connectivity index (χ1n) is 6.47. The molecule has 0 atom stereocenters. The minimum absolute atomic E-state index is 0.0696. The Morgan fingerprint density at radius 2 is 1.75 bits per heavy atom. The number of hydrogen-bond acceptors (Lipinski definition) is 2. The van der Waals surface area contributed by atoms with Crippen molar-refractivity contribution in [2.45, 2.75) is 6.92 Å². The highest BCUT2D eigenvalue weighted by atomic mass is 16.5. The van der Waals surface area contributed by atoms with E-state index in [0.717, 1.165) is 28.0 Å². The molecule has 0 fully saturated rings. The van der Waals surface area contributed by atoms with E-state index in [1.165, 1.54) is 0 Å². The summed E-state index contributed by atoms with van der Waals surface area (Å²) in [6, 6.07) is 15.6. The molecule has 2 aromatic carbocycles. The van der Waals surface area contributed by atoms with Crippen LogP contribution in [0.5, 0.6) is 5.75 Å². The number of ether oxygens (including phenoxy) is 1. The minimum atomic E-state index is -0.0696. The molecule has 20 heavy (non-hydrogen) atoms. The molecule has 3 heteroatoms. The second-order valence-electron chi connectivity index (χ2n) is 4.73. The Balaban J connectivity index is 2.44. The van der Waals surface area contributed by atoms with Crippen LogP contribution in [0.4, 0.5) is 0 Å². The molecule has 1 heterocycles. The Kier molecular flexibility index (Phi) is 3.03. The van der Waals surface area contributed by atoms with Gasteiger partial charge in [0.15, 0.2) is 0 Å². The first kappa shape index (κ1) is 12.5. The summed E-state index contributed by atoms with van der Waals surface area (Å²) in [5.41, 5.74) is 2.92. The molecule has 3 nitrogen and oxygen atoms in total. The Labute approximate surface area is 116 Å². The van der Waals surface area contributed by atoms with Crippen LogP contribution >= 0.6 is 0 Å². The van der Waals surface area contributed by atoms with Gasteiger partial charge in [0.1, 0.15) is 5.75 Å². The van der Waals surface area contributed by atoms with Crippen LogP contribution in [0.25, 0.3) is 21.9 Å². The van der Waals surface area contributed by atoms with Crippen LogP contribution in [0.3, 0.4) is 0 Å². The normalized spacial score (nSPS) is 10.7. The zero-order valence-electron chi connectivity index (χ0n) is 11.4. The van der Waals surface area contributed by atoms with Crippen molar-refractivity contribution >= 4 is 10.8 Å². The standard InChI is InChI=1S/C17H15NO2/c1-11-16(12-6-4-3-5-7-12)15-10-13(20-2)8-9-14(15)17(19)18-11/h3-10H,1-2H3,(H,18,19). The first-order valence-corrected chi connectivity index (χ1v) is 6.47. The topological polar surface area (TPSA) is 42.1 Å². The van der Waals surface area contributed by atoms with Gasteiger partial charge in [-0.1, -0.05) is 30.3 Å². The van der Waals surface area contributed by atoms with Crippen LogP contribution in [0.15, 0.2) is 53.3 Å². The number of nitrogens with one attached hydrogen (secondary N) is 1. The third kappa shape index (κ3) is 1.97. The summed E-state index contributed by atoms with van der Waals surface area (Å²) in [6.45, 7) is 1.92. The third-order valence-corrected chi connectivity index (χ3v) is 3.48. The van der Waals surface area contributed by atoms with Crippen molar-refractivity contribution in [3.63, 3.8) is 0 Å². The zero-order valence-corrected chi connectivity index (χ0v) is 11.4. The molecule has 1 aromatic heterocycles. The van der Waals surface area contributed by atoms with Gasteiger partial charge in [0.25, 0.3) is 5.56 Å². The molecule has 0 saturated carbocycles. The molecule has 0 spiro atoms. The number of H-pyrrole nitrogens is 1. The molecular formula is C17H15NO2. The maximum atomic E-state index is 12.1. The van der Waals surface area contributed by atoms with Crippen molar-refractivity contribution in [3.8, 4) is 16.9 Å². The fourth-order valence-electron chi connectivity index (χ4n) is 2.53. The summed E-state index contributed by atoms with van der Waals surface area (Å²) in [6.07, 6.45) is 0. The van der Waals surface area contributed by atoms with E-state index in [1.807, 2.05) is 49.4 Å². The Morgan fingerprint density at radius 1 is 1.00 bits per heavy atom. The molecule has 0 bridgehead atoms. The van der Waals surface area contributed by atoms with Crippen molar-refractivity contribution < 1.29 is 4.74 Å². The maximum absolute atomic E-state index is 12.1. The van der Waals surface area contributed by atoms with Crippen molar-refractivity contribution in [2.24, 2.45) is 0 Å². The van der Waals surface area contributed by atoms with Gasteiger partial charge in [-0.3, -0.25) is 4.79 Å². The number of aryl methyl sites for hydroxylation is 1. The number of aromatic nitrogens is 1. The Morgan fingerprint density at radius 3 is 2.45 bits per heavy atom. The van der Waals surface area contributed by atoms with Crippen LogP contribution < -0.4 is 10.3 Å². The van der Waals surface area contributed by atoms with Gasteiger partial charge >= 0.3 is 0 Å². The van der Waals surface area contributed by atoms with E-state index in [9.17, 15) is 4.79 Å². The Bertz CT molecular complexity index is 820. The highest BCUT2D eigenvalue weighted by Crippen LogP contribution is 2.31. The van der Waals surface area contributed by atoms with E-state index >= 15 is 0 Å². The van der Waals surface area contributed by atoms with Crippen molar-refractivity contribution in [1.82, 2.24) is 4.98 Å². The molecule has 0 saturated heterocycles. The molecule has 0 aliphatic rings. The van der Waals surface area contributed by atoms with Gasteiger partial charge in [-0.05, 0) is 30.7 Å². The molecule has 0 unspecified atom stereocenters. The number of aromatic amines is 1. The first-order chi connectivity index (χ1) is 9.70. The lowest BCUT2D eigenvalue weighted by atomic mass is 9.97. The van der Waals surface area contributed by atoms with Crippen LogP contribution in [0.2, 0.25) is 0 Å². The third-order valence-electron chi connectivity index (χ3n) is 3.48. The highest BCUT2D eigenvalue weighted by molar-refractivity contribution is 5.97. The number of rotatable bonds is 2. The predicted molar refractivity (Wildman–Crippen MR) is 81.3 cm³/mol. The molecule has 0 radical (unpaired) electrons. The average Bonchev–Trinajstić information content (AvgIpc) is 2.47. The average molecular weight is 265 g/mol. The minimum Gasteiger partial charge on any atom is -0.497 e. The molecule has 3 rings (SSSR count). The molecular weight excluding hydrogens is 250 g/mol. The number of benzene rings is 2. The van der Waals surface area contributed by atoms with Gasteiger partial charge in [0.05, 0.1) is 7.11 Å². The smallest absolute Gasteiger partial charge is 0.256 e. The lowest BCUT2D eigenvalue weighted by Crippen LogP contribution is -2.09. The second-order valence-corrected chi connectivity index (χ2v) is 4.73. The molecule has 100 valence electrons. The molecule has 0 aliphatic heterocycles. The number of methoxy groups -OCH3 is 1. The number of hydrogen-bond donors (Lipinski definition) is 1. The lowest BCUT2D eigenvalue weighted by molar-refractivity contribution is 0.415. The van der Waals surface area contributed by atoms with E-state index in [-0.39, 0.29) is 5.56 Å². The molecule has 0 amide bonds. The van der Waals surface area contributed by atoms with Crippen molar-refractivity contribution in [3.05, 3.63) is 64.6 Å². The van der Waals surface area contributed by atoms with Crippen molar-refractivity contribution in [1.29, 1.82) is 0 Å². The van der Waals surface area contributed by atoms with E-state index < -0.39 is 0 Å². The van der Waals surface area contributed by atoms with Gasteiger partial charge in [-0.2, -0.15) is 0 Å². The second kappa shape index (κ2) is 4.85. The molecule has 1 N–H and O–H groups in total. The van der Waals surface area contributed by atoms with Gasteiger partial charge in [0, 0.05) is 22.0 Å². The number of fused-ring (bicyclic) bond motifs is 1. The quantitative estimate of drug-likeness (QED) is 0.770. The fourth-order valence-corrected chi connectivity index (χ4v) is 2.53. The Hall–Kier alpha value is -2.55. The maximum Gasteiger partial charge on any atom is 0.256 e. The van der Waals surface area contributed by atoms with E-state index in [1.54, 1.807) is 13.2 Å². The SMILES string of the molecule is COc1ccc2c(=O)[nH]c(C)c(-c3ccccc3)c2c1. The van der Waals surface area contributed by atoms with Gasteiger partial charge in [0.2, 0.25) is 0 Å². The highest BCUT2D eigenvalue weighted by Gasteiger charge is 2.11. The van der Waals surface area contributed by atoms with Crippen molar-refractivity contribution in [2.75, 3.05) is 7.11 Å². The summed E-state index contributed by atoms with van der Waals surface area (Å²) in [5.74, 6) is 0.750. The summed E-state index contributed by atoms with van der Waals surface area (Å²) in [4.78, 5) is 15.0. The summed E-state index contributed by atoms with van der Waals surface area (Å²) < 4.78 is 5.28. The lowest BCUT2D eigenvalue weighted by Gasteiger charge is -2.11. The summed E-state index contributed by atoms with van der Waals surface area (Å²) in [7, 11) is 1.63. The fraction of sp³-hybridized carbons (Fsp3) is 0.118. The van der Waals surface area contributed by atoms with Crippen LogP contribution in [-0.2, 0) is 0 Å². The van der Waals surface area contributed by atoms with E-state index in [0.29, 0.717) is 5.39 Å². The van der Waals surface area contributed by atoms with Gasteiger partial charge in [-0.15, -0.1) is 0 Å². The molecule has 3 aromatic rings. The summed E-state index contributed by atoms with van der Waals surface area (Å²) >= 11 is 0. The predicted octanol–water partition coefficient (Wildman–Crippen LogP) is 3.51. The largest absolute Gasteiger partial charge is 0.497 e. The molecule has 0 aliphatic carbocycles. The van der Waals surface area contributed by atoms with Gasteiger partial charge in [-0.25, -0.2) is 0 Å². The monoisotopic (exact) mass is 265 g/mol. The van der Waals surface area contributed by atoms with Crippen LogP contribution in [0, 0.1) is 6.92 Å². The van der Waals surface area contributed by atoms with Crippen LogP contribution in [-0.4, -0.2) is 12.1 Å².